The summed E-state index contributed by atoms with van der Waals surface area (Å²) in [6.07, 6.45) is 11.2. The highest BCUT2D eigenvalue weighted by molar-refractivity contribution is 5.59. The Hall–Kier alpha value is -0.590. The molecule has 2 saturated carbocycles. The Labute approximate surface area is 91.9 Å². The van der Waals surface area contributed by atoms with Gasteiger partial charge in [0.25, 0.3) is 0 Å². The molecule has 2 bridgehead atoms. The zero-order chi connectivity index (χ0) is 10.7. The lowest BCUT2D eigenvalue weighted by Gasteiger charge is -2.55. The van der Waals surface area contributed by atoms with Crippen molar-refractivity contribution in [1.82, 2.24) is 0 Å². The van der Waals surface area contributed by atoms with Gasteiger partial charge < -0.3 is 4.79 Å². The lowest BCUT2D eigenvalue weighted by molar-refractivity contribution is -0.122. The topological polar surface area (TPSA) is 17.1 Å². The molecule has 4 rings (SSSR count). The van der Waals surface area contributed by atoms with Gasteiger partial charge in [0.2, 0.25) is 0 Å². The molecule has 2 fully saturated rings. The summed E-state index contributed by atoms with van der Waals surface area (Å²) in [5.41, 5.74) is 0.571. The maximum Gasteiger partial charge on any atom is 0.124 e. The average Bonchev–Trinajstić information content (AvgIpc) is 2.56. The van der Waals surface area contributed by atoms with Crippen molar-refractivity contribution < 1.29 is 4.79 Å². The van der Waals surface area contributed by atoms with Gasteiger partial charge in [0.1, 0.15) is 6.29 Å². The zero-order valence-corrected chi connectivity index (χ0v) is 9.70. The second-order valence-electron chi connectivity index (χ2n) is 6.20. The van der Waals surface area contributed by atoms with Crippen molar-refractivity contribution in [3.8, 4) is 0 Å². The van der Waals surface area contributed by atoms with E-state index in [-0.39, 0.29) is 5.41 Å². The van der Waals surface area contributed by atoms with Crippen LogP contribution in [0.1, 0.15) is 39.5 Å². The maximum atomic E-state index is 11.4. The molecule has 0 N–H and O–H groups in total. The number of hydrogen-bond donors (Lipinski definition) is 0. The molecule has 0 heterocycles. The van der Waals surface area contributed by atoms with E-state index in [4.69, 9.17) is 0 Å². The largest absolute Gasteiger partial charge is 0.303 e. The standard InChI is InChI=1S/C14H20O/c1-10-3-4-11-12(9-15)13(2)5-7-14(10,11)8-6-13/h5,7,9-12H,3-4,6,8H2,1-2H3/t10-,11-,12-,13+,14-/m1/s1. The third-order valence-corrected chi connectivity index (χ3v) is 5.73. The molecule has 0 aromatic heterocycles. The van der Waals surface area contributed by atoms with Crippen molar-refractivity contribution in [2.75, 3.05) is 0 Å². The SMILES string of the molecule is C[C@@H]1CC[C@@H]2[C@@H](C=O)[C@@]3(C)C=C[C@@]12CC3. The summed E-state index contributed by atoms with van der Waals surface area (Å²) in [7, 11) is 0. The molecule has 5 atom stereocenters. The van der Waals surface area contributed by atoms with E-state index in [1.165, 1.54) is 32.0 Å². The first-order chi connectivity index (χ1) is 7.12. The van der Waals surface area contributed by atoms with E-state index < -0.39 is 0 Å². The number of aldehydes is 1. The molecule has 0 aliphatic heterocycles. The van der Waals surface area contributed by atoms with Crippen LogP contribution in [-0.4, -0.2) is 6.29 Å². The van der Waals surface area contributed by atoms with E-state index in [1.54, 1.807) is 0 Å². The summed E-state index contributed by atoms with van der Waals surface area (Å²) < 4.78 is 0. The number of hydrogen-bond acceptors (Lipinski definition) is 1. The Kier molecular flexibility index (Phi) is 1.76. The third kappa shape index (κ3) is 0.971. The van der Waals surface area contributed by atoms with Crippen LogP contribution in [0.5, 0.6) is 0 Å². The molecule has 0 aromatic rings. The fourth-order valence-electron chi connectivity index (χ4n) is 4.55. The Balaban J connectivity index is 2.11. The summed E-state index contributed by atoms with van der Waals surface area (Å²) in [6, 6.07) is 0. The molecule has 1 spiro atoms. The van der Waals surface area contributed by atoms with E-state index in [0.29, 0.717) is 17.3 Å². The Morgan fingerprint density at radius 2 is 2.07 bits per heavy atom. The molecule has 1 heteroatoms. The number of rotatable bonds is 1. The first-order valence-corrected chi connectivity index (χ1v) is 6.28. The molecule has 0 radical (unpaired) electrons. The van der Waals surface area contributed by atoms with Gasteiger partial charge in [-0.25, -0.2) is 0 Å². The molecule has 0 amide bonds. The van der Waals surface area contributed by atoms with Crippen molar-refractivity contribution in [1.29, 1.82) is 0 Å². The number of carbonyl (C=O) groups excluding carboxylic acids is 1. The van der Waals surface area contributed by atoms with E-state index in [0.717, 1.165) is 5.92 Å². The minimum Gasteiger partial charge on any atom is -0.303 e. The molecule has 4 aliphatic rings. The highest BCUT2D eigenvalue weighted by Gasteiger charge is 2.59. The van der Waals surface area contributed by atoms with Crippen molar-refractivity contribution in [3.05, 3.63) is 12.2 Å². The quantitative estimate of drug-likeness (QED) is 0.473. The van der Waals surface area contributed by atoms with Crippen LogP contribution < -0.4 is 0 Å². The number of carbonyl (C=O) groups is 1. The molecular formula is C14H20O. The minimum absolute atomic E-state index is 0.179. The van der Waals surface area contributed by atoms with Gasteiger partial charge in [0.05, 0.1) is 0 Å². The van der Waals surface area contributed by atoms with Crippen LogP contribution in [0.3, 0.4) is 0 Å². The maximum absolute atomic E-state index is 11.4. The van der Waals surface area contributed by atoms with Crippen LogP contribution in [0.15, 0.2) is 12.2 Å². The third-order valence-electron chi connectivity index (χ3n) is 5.73. The smallest absolute Gasteiger partial charge is 0.124 e. The van der Waals surface area contributed by atoms with Crippen LogP contribution in [0, 0.1) is 28.6 Å². The lowest BCUT2D eigenvalue weighted by atomic mass is 9.48. The Bertz CT molecular complexity index is 332. The molecule has 82 valence electrons. The van der Waals surface area contributed by atoms with Gasteiger partial charge in [-0.1, -0.05) is 26.0 Å². The summed E-state index contributed by atoms with van der Waals surface area (Å²) in [6.45, 7) is 4.65. The number of fused-ring (bicyclic) bond motifs is 1. The van der Waals surface area contributed by atoms with Gasteiger partial charge >= 0.3 is 0 Å². The van der Waals surface area contributed by atoms with Crippen LogP contribution in [0.25, 0.3) is 0 Å². The second kappa shape index (κ2) is 2.75. The zero-order valence-electron chi connectivity index (χ0n) is 9.70. The normalized spacial score (nSPS) is 56.8. The Morgan fingerprint density at radius 1 is 1.27 bits per heavy atom. The van der Waals surface area contributed by atoms with E-state index in [9.17, 15) is 4.79 Å². The molecule has 4 aliphatic carbocycles. The van der Waals surface area contributed by atoms with Gasteiger partial charge in [0.15, 0.2) is 0 Å². The van der Waals surface area contributed by atoms with Gasteiger partial charge in [-0.2, -0.15) is 0 Å². The highest BCUT2D eigenvalue weighted by atomic mass is 16.1. The second-order valence-corrected chi connectivity index (χ2v) is 6.20. The predicted octanol–water partition coefficient (Wildman–Crippen LogP) is 3.20. The monoisotopic (exact) mass is 204 g/mol. The van der Waals surface area contributed by atoms with Crippen molar-refractivity contribution in [2.24, 2.45) is 28.6 Å². The average molecular weight is 204 g/mol. The van der Waals surface area contributed by atoms with Crippen molar-refractivity contribution in [2.45, 2.75) is 39.5 Å². The van der Waals surface area contributed by atoms with Crippen molar-refractivity contribution in [3.63, 3.8) is 0 Å². The van der Waals surface area contributed by atoms with Gasteiger partial charge in [0, 0.05) is 5.92 Å². The first kappa shape index (κ1) is 9.62. The van der Waals surface area contributed by atoms with E-state index in [2.05, 4.69) is 26.0 Å². The van der Waals surface area contributed by atoms with Gasteiger partial charge in [-0.15, -0.1) is 0 Å². The predicted molar refractivity (Wildman–Crippen MR) is 60.4 cm³/mol. The molecule has 1 nitrogen and oxygen atoms in total. The minimum atomic E-state index is 0.179. The van der Waals surface area contributed by atoms with Crippen LogP contribution in [0.2, 0.25) is 0 Å². The van der Waals surface area contributed by atoms with Gasteiger partial charge in [-0.3, -0.25) is 0 Å². The molecular weight excluding hydrogens is 184 g/mol. The lowest BCUT2D eigenvalue weighted by Crippen LogP contribution is -2.50. The summed E-state index contributed by atoms with van der Waals surface area (Å²) in [5.74, 6) is 1.72. The summed E-state index contributed by atoms with van der Waals surface area (Å²) in [4.78, 5) is 11.4. The number of allylic oxidation sites excluding steroid dienone is 2. The van der Waals surface area contributed by atoms with Crippen LogP contribution in [-0.2, 0) is 4.79 Å². The summed E-state index contributed by atoms with van der Waals surface area (Å²) in [5, 5.41) is 0. The molecule has 0 unspecified atom stereocenters. The summed E-state index contributed by atoms with van der Waals surface area (Å²) >= 11 is 0. The Morgan fingerprint density at radius 3 is 2.67 bits per heavy atom. The van der Waals surface area contributed by atoms with Crippen LogP contribution >= 0.6 is 0 Å². The first-order valence-electron chi connectivity index (χ1n) is 6.28. The highest BCUT2D eigenvalue weighted by Crippen LogP contribution is 2.66. The van der Waals surface area contributed by atoms with Crippen LogP contribution in [0.4, 0.5) is 0 Å². The molecule has 0 saturated heterocycles. The fraction of sp³-hybridized carbons (Fsp3) is 0.786. The van der Waals surface area contributed by atoms with E-state index >= 15 is 0 Å². The van der Waals surface area contributed by atoms with Crippen molar-refractivity contribution >= 4 is 6.29 Å². The molecule has 0 aromatic carbocycles. The van der Waals surface area contributed by atoms with Gasteiger partial charge in [-0.05, 0) is 48.3 Å². The van der Waals surface area contributed by atoms with E-state index in [1.807, 2.05) is 0 Å². The fourth-order valence-corrected chi connectivity index (χ4v) is 4.55. The molecule has 15 heavy (non-hydrogen) atoms.